The monoisotopic (exact) mass is 238 g/mol. The standard InChI is InChI=1S/C12H18N2O3/c1-2-11(12(16)14-13)17-10-5-3-9(4-6-10)7-8-15/h3-6,11,15H,2,7-8,13H2,1H3,(H,14,16). The number of carbonyl (C=O) groups is 1. The zero-order valence-electron chi connectivity index (χ0n) is 9.85. The van der Waals surface area contributed by atoms with Crippen molar-refractivity contribution < 1.29 is 14.6 Å². The summed E-state index contributed by atoms with van der Waals surface area (Å²) in [5, 5.41) is 8.78. The first kappa shape index (κ1) is 13.5. The van der Waals surface area contributed by atoms with Gasteiger partial charge in [0.15, 0.2) is 6.10 Å². The van der Waals surface area contributed by atoms with Crippen LogP contribution in [0.2, 0.25) is 0 Å². The summed E-state index contributed by atoms with van der Waals surface area (Å²) in [6.45, 7) is 1.97. The lowest BCUT2D eigenvalue weighted by Crippen LogP contribution is -2.41. The van der Waals surface area contributed by atoms with E-state index < -0.39 is 6.10 Å². The Kier molecular flexibility index (Phi) is 5.45. The summed E-state index contributed by atoms with van der Waals surface area (Å²) in [7, 11) is 0. The van der Waals surface area contributed by atoms with Crippen LogP contribution < -0.4 is 16.0 Å². The highest BCUT2D eigenvalue weighted by molar-refractivity contribution is 5.80. The van der Waals surface area contributed by atoms with Crippen LogP contribution in [0, 0.1) is 0 Å². The Balaban J connectivity index is 2.64. The molecule has 17 heavy (non-hydrogen) atoms. The van der Waals surface area contributed by atoms with Gasteiger partial charge in [-0.15, -0.1) is 0 Å². The van der Waals surface area contributed by atoms with Crippen molar-refractivity contribution in [1.29, 1.82) is 0 Å². The molecule has 0 aliphatic rings. The average molecular weight is 238 g/mol. The Bertz CT molecular complexity index is 351. The van der Waals surface area contributed by atoms with Crippen molar-refractivity contribution in [3.8, 4) is 5.75 Å². The molecule has 5 heteroatoms. The summed E-state index contributed by atoms with van der Waals surface area (Å²) < 4.78 is 5.49. The molecule has 5 nitrogen and oxygen atoms in total. The Morgan fingerprint density at radius 1 is 1.47 bits per heavy atom. The van der Waals surface area contributed by atoms with Crippen molar-refractivity contribution in [2.24, 2.45) is 5.84 Å². The van der Waals surface area contributed by atoms with Gasteiger partial charge in [0.25, 0.3) is 5.91 Å². The maximum absolute atomic E-state index is 11.3. The third-order valence-electron chi connectivity index (χ3n) is 2.41. The minimum atomic E-state index is -0.580. The van der Waals surface area contributed by atoms with Crippen molar-refractivity contribution in [2.75, 3.05) is 6.61 Å². The summed E-state index contributed by atoms with van der Waals surface area (Å²) in [5.41, 5.74) is 3.10. The summed E-state index contributed by atoms with van der Waals surface area (Å²) in [4.78, 5) is 11.3. The van der Waals surface area contributed by atoms with Gasteiger partial charge >= 0.3 is 0 Å². The van der Waals surface area contributed by atoms with Gasteiger partial charge in [-0.25, -0.2) is 5.84 Å². The number of rotatable bonds is 6. The lowest BCUT2D eigenvalue weighted by molar-refractivity contribution is -0.128. The molecule has 0 aromatic heterocycles. The molecule has 1 atom stereocenters. The summed E-state index contributed by atoms with van der Waals surface area (Å²) in [5.74, 6) is 5.33. The number of nitrogens with one attached hydrogen (secondary N) is 1. The second kappa shape index (κ2) is 6.88. The molecule has 0 fully saturated rings. The van der Waals surface area contributed by atoms with Gasteiger partial charge in [0.05, 0.1) is 0 Å². The molecular weight excluding hydrogens is 220 g/mol. The molecule has 1 rings (SSSR count). The predicted octanol–water partition coefficient (Wildman–Crippen LogP) is 0.369. The van der Waals surface area contributed by atoms with Gasteiger partial charge in [-0.3, -0.25) is 10.2 Å². The van der Waals surface area contributed by atoms with E-state index in [9.17, 15) is 4.79 Å². The third kappa shape index (κ3) is 4.05. The Morgan fingerprint density at radius 3 is 2.59 bits per heavy atom. The number of nitrogens with two attached hydrogens (primary N) is 1. The van der Waals surface area contributed by atoms with E-state index in [0.717, 1.165) is 5.56 Å². The first-order valence-electron chi connectivity index (χ1n) is 5.58. The second-order valence-electron chi connectivity index (χ2n) is 3.64. The van der Waals surface area contributed by atoms with E-state index in [-0.39, 0.29) is 12.5 Å². The second-order valence-corrected chi connectivity index (χ2v) is 3.64. The topological polar surface area (TPSA) is 84.6 Å². The van der Waals surface area contributed by atoms with Gasteiger partial charge in [-0.1, -0.05) is 19.1 Å². The number of amides is 1. The summed E-state index contributed by atoms with van der Waals surface area (Å²) >= 11 is 0. The van der Waals surface area contributed by atoms with Gasteiger partial charge < -0.3 is 9.84 Å². The van der Waals surface area contributed by atoms with E-state index >= 15 is 0 Å². The van der Waals surface area contributed by atoms with E-state index in [1.165, 1.54) is 0 Å². The van der Waals surface area contributed by atoms with E-state index in [4.69, 9.17) is 15.7 Å². The van der Waals surface area contributed by atoms with Crippen LogP contribution in [-0.4, -0.2) is 23.7 Å². The maximum atomic E-state index is 11.3. The Hall–Kier alpha value is -1.59. The highest BCUT2D eigenvalue weighted by Gasteiger charge is 2.16. The average Bonchev–Trinajstić information content (AvgIpc) is 2.37. The lowest BCUT2D eigenvalue weighted by Gasteiger charge is -2.15. The fraction of sp³-hybridized carbons (Fsp3) is 0.417. The first-order valence-corrected chi connectivity index (χ1v) is 5.58. The molecule has 1 unspecified atom stereocenters. The van der Waals surface area contributed by atoms with Gasteiger partial charge in [-0.05, 0) is 30.5 Å². The highest BCUT2D eigenvalue weighted by atomic mass is 16.5. The molecule has 0 heterocycles. The molecule has 1 aromatic rings. The van der Waals surface area contributed by atoms with E-state index in [0.29, 0.717) is 18.6 Å². The van der Waals surface area contributed by atoms with Crippen LogP contribution in [0.15, 0.2) is 24.3 Å². The van der Waals surface area contributed by atoms with Crippen molar-refractivity contribution in [1.82, 2.24) is 5.43 Å². The minimum Gasteiger partial charge on any atom is -0.481 e. The van der Waals surface area contributed by atoms with Crippen molar-refractivity contribution in [3.05, 3.63) is 29.8 Å². The zero-order chi connectivity index (χ0) is 12.7. The quantitative estimate of drug-likeness (QED) is 0.380. The van der Waals surface area contributed by atoms with E-state index in [2.05, 4.69) is 5.43 Å². The maximum Gasteiger partial charge on any atom is 0.274 e. The van der Waals surface area contributed by atoms with Crippen LogP contribution in [0.5, 0.6) is 5.75 Å². The van der Waals surface area contributed by atoms with Crippen molar-refractivity contribution in [2.45, 2.75) is 25.9 Å². The molecule has 0 saturated carbocycles. The number of hydrazine groups is 1. The van der Waals surface area contributed by atoms with Crippen molar-refractivity contribution in [3.63, 3.8) is 0 Å². The number of ether oxygens (including phenoxy) is 1. The van der Waals surface area contributed by atoms with Crippen LogP contribution >= 0.6 is 0 Å². The molecule has 0 aliphatic carbocycles. The van der Waals surface area contributed by atoms with E-state index in [1.807, 2.05) is 19.1 Å². The van der Waals surface area contributed by atoms with Crippen LogP contribution in [0.3, 0.4) is 0 Å². The van der Waals surface area contributed by atoms with Crippen LogP contribution in [0.4, 0.5) is 0 Å². The smallest absolute Gasteiger partial charge is 0.274 e. The van der Waals surface area contributed by atoms with Gasteiger partial charge in [0.1, 0.15) is 5.75 Å². The number of aliphatic hydroxyl groups is 1. The molecule has 4 N–H and O–H groups in total. The number of aliphatic hydroxyl groups excluding tert-OH is 1. The number of hydrogen-bond acceptors (Lipinski definition) is 4. The molecule has 1 aromatic carbocycles. The molecule has 94 valence electrons. The molecule has 1 amide bonds. The third-order valence-corrected chi connectivity index (χ3v) is 2.41. The molecule has 0 aliphatic heterocycles. The van der Waals surface area contributed by atoms with Gasteiger partial charge in [0, 0.05) is 6.61 Å². The van der Waals surface area contributed by atoms with Gasteiger partial charge in [-0.2, -0.15) is 0 Å². The first-order chi connectivity index (χ1) is 8.21. The fourth-order valence-electron chi connectivity index (χ4n) is 1.44. The Labute approximate surface area is 101 Å². The number of carbonyl (C=O) groups excluding carboxylic acids is 1. The highest BCUT2D eigenvalue weighted by Crippen LogP contribution is 2.15. The molecule has 0 saturated heterocycles. The fourth-order valence-corrected chi connectivity index (χ4v) is 1.44. The van der Waals surface area contributed by atoms with Crippen LogP contribution in [-0.2, 0) is 11.2 Å². The summed E-state index contributed by atoms with van der Waals surface area (Å²) in [6, 6.07) is 7.27. The Morgan fingerprint density at radius 2 is 2.12 bits per heavy atom. The number of benzene rings is 1. The number of hydrogen-bond donors (Lipinski definition) is 3. The SMILES string of the molecule is CCC(Oc1ccc(CCO)cc1)C(=O)NN. The molecule has 0 bridgehead atoms. The van der Waals surface area contributed by atoms with E-state index in [1.54, 1.807) is 12.1 Å². The normalized spacial score (nSPS) is 11.9. The summed E-state index contributed by atoms with van der Waals surface area (Å²) in [6.07, 6.45) is 0.575. The lowest BCUT2D eigenvalue weighted by atomic mass is 10.1. The predicted molar refractivity (Wildman–Crippen MR) is 64.3 cm³/mol. The molecular formula is C12H18N2O3. The van der Waals surface area contributed by atoms with Crippen LogP contribution in [0.25, 0.3) is 0 Å². The zero-order valence-corrected chi connectivity index (χ0v) is 9.85. The largest absolute Gasteiger partial charge is 0.481 e. The van der Waals surface area contributed by atoms with Gasteiger partial charge in [0.2, 0.25) is 0 Å². The molecule has 0 spiro atoms. The minimum absolute atomic E-state index is 0.118. The van der Waals surface area contributed by atoms with Crippen molar-refractivity contribution >= 4 is 5.91 Å². The molecule has 0 radical (unpaired) electrons. The van der Waals surface area contributed by atoms with Crippen LogP contribution in [0.1, 0.15) is 18.9 Å².